The second kappa shape index (κ2) is 4.20. The first-order chi connectivity index (χ1) is 7.18. The average Bonchev–Trinajstić information content (AvgIpc) is 2.13. The van der Waals surface area contributed by atoms with Crippen LogP contribution >= 0.6 is 11.5 Å². The second-order valence-electron chi connectivity index (χ2n) is 2.97. The third-order valence-electron chi connectivity index (χ3n) is 1.88. The standard InChI is InChI=1S/C8H4BClF6/c10-9-5-3-1-2-4(7(11,12)13)6(5)8(14,15)16/h1-3,9H. The van der Waals surface area contributed by atoms with E-state index in [-0.39, 0.29) is 0 Å². The van der Waals surface area contributed by atoms with Gasteiger partial charge in [0.1, 0.15) is 0 Å². The molecule has 0 heterocycles. The van der Waals surface area contributed by atoms with Crippen LogP contribution in [0.2, 0.25) is 0 Å². The Bertz CT molecular complexity index is 383. The van der Waals surface area contributed by atoms with Crippen molar-refractivity contribution in [1.82, 2.24) is 0 Å². The van der Waals surface area contributed by atoms with Gasteiger partial charge in [-0.3, -0.25) is 0 Å². The maximum absolute atomic E-state index is 12.5. The fraction of sp³-hybridized carbons (Fsp3) is 0.250. The van der Waals surface area contributed by atoms with E-state index < -0.39 is 35.6 Å². The summed E-state index contributed by atoms with van der Waals surface area (Å²) in [5, 5.41) is 0. The van der Waals surface area contributed by atoms with Crippen molar-refractivity contribution < 1.29 is 26.3 Å². The molecule has 0 aliphatic rings. The van der Waals surface area contributed by atoms with E-state index in [0.717, 1.165) is 12.1 Å². The fourth-order valence-electron chi connectivity index (χ4n) is 1.28. The zero-order valence-corrected chi connectivity index (χ0v) is 8.34. The molecule has 0 saturated carbocycles. The van der Waals surface area contributed by atoms with Crippen LogP contribution in [-0.4, -0.2) is 6.69 Å². The van der Waals surface area contributed by atoms with Crippen molar-refractivity contribution in [2.45, 2.75) is 12.4 Å². The number of hydrogen-bond donors (Lipinski definition) is 0. The van der Waals surface area contributed by atoms with Gasteiger partial charge in [0, 0.05) is 0 Å². The Hall–Kier alpha value is -0.845. The summed E-state index contributed by atoms with van der Waals surface area (Å²) in [5.74, 6) is 0. The Kier molecular flexibility index (Phi) is 3.47. The van der Waals surface area contributed by atoms with E-state index in [1.165, 1.54) is 0 Å². The number of benzene rings is 1. The van der Waals surface area contributed by atoms with Gasteiger partial charge in [-0.25, -0.2) is 0 Å². The molecule has 0 amide bonds. The SMILES string of the molecule is FC(F)(F)c1cccc(BCl)c1C(F)(F)F. The topological polar surface area (TPSA) is 0 Å². The van der Waals surface area contributed by atoms with Gasteiger partial charge in [0.05, 0.1) is 11.1 Å². The van der Waals surface area contributed by atoms with E-state index in [1.54, 1.807) is 0 Å². The number of halogens is 7. The van der Waals surface area contributed by atoms with Crippen LogP contribution in [0, 0.1) is 0 Å². The number of rotatable bonds is 1. The van der Waals surface area contributed by atoms with E-state index in [0.29, 0.717) is 6.07 Å². The molecule has 0 aromatic heterocycles. The summed E-state index contributed by atoms with van der Waals surface area (Å²) < 4.78 is 74.5. The molecule has 88 valence electrons. The summed E-state index contributed by atoms with van der Waals surface area (Å²) >= 11 is 5.19. The predicted octanol–water partition coefficient (Wildman–Crippen LogP) is 2.94. The van der Waals surface area contributed by atoms with Gasteiger partial charge in [0.2, 0.25) is 0 Å². The monoisotopic (exact) mass is 260 g/mol. The lowest BCUT2D eigenvalue weighted by molar-refractivity contribution is -0.161. The molecule has 8 heteroatoms. The third-order valence-corrected chi connectivity index (χ3v) is 2.17. The van der Waals surface area contributed by atoms with Crippen molar-refractivity contribution in [2.24, 2.45) is 0 Å². The van der Waals surface area contributed by atoms with Crippen molar-refractivity contribution in [1.29, 1.82) is 0 Å². The Labute approximate surface area is 92.4 Å². The molecule has 16 heavy (non-hydrogen) atoms. The van der Waals surface area contributed by atoms with Crippen LogP contribution in [0.4, 0.5) is 26.3 Å². The van der Waals surface area contributed by atoms with Gasteiger partial charge in [-0.05, 0) is 6.07 Å². The maximum atomic E-state index is 12.5. The van der Waals surface area contributed by atoms with Gasteiger partial charge in [0.15, 0.2) is 0 Å². The molecular weight excluding hydrogens is 256 g/mol. The number of alkyl halides is 6. The van der Waals surface area contributed by atoms with Crippen LogP contribution in [-0.2, 0) is 12.4 Å². The van der Waals surface area contributed by atoms with Crippen LogP contribution in [0.25, 0.3) is 0 Å². The van der Waals surface area contributed by atoms with Gasteiger partial charge in [-0.15, -0.1) is 0 Å². The Morgan fingerprint density at radius 1 is 0.938 bits per heavy atom. The zero-order valence-electron chi connectivity index (χ0n) is 7.58. The van der Waals surface area contributed by atoms with Crippen LogP contribution in [0.15, 0.2) is 18.2 Å². The minimum Gasteiger partial charge on any atom is -0.194 e. The summed E-state index contributed by atoms with van der Waals surface area (Å²) in [5.41, 5.74) is -4.00. The zero-order chi connectivity index (χ0) is 12.6. The van der Waals surface area contributed by atoms with Gasteiger partial charge in [-0.2, -0.15) is 37.8 Å². The molecule has 0 fully saturated rings. The van der Waals surface area contributed by atoms with Crippen LogP contribution < -0.4 is 5.46 Å². The lowest BCUT2D eigenvalue weighted by Gasteiger charge is -2.17. The highest BCUT2D eigenvalue weighted by Crippen LogP contribution is 2.39. The van der Waals surface area contributed by atoms with Crippen molar-refractivity contribution in [3.05, 3.63) is 29.3 Å². The number of hydrogen-bond acceptors (Lipinski definition) is 0. The van der Waals surface area contributed by atoms with E-state index in [2.05, 4.69) is 0 Å². The molecule has 0 saturated heterocycles. The summed E-state index contributed by atoms with van der Waals surface area (Å²) in [6, 6.07) is 2.21. The smallest absolute Gasteiger partial charge is 0.194 e. The van der Waals surface area contributed by atoms with Crippen LogP contribution in [0.3, 0.4) is 0 Å². The lowest BCUT2D eigenvalue weighted by Crippen LogP contribution is -2.28. The van der Waals surface area contributed by atoms with E-state index in [4.69, 9.17) is 11.5 Å². The molecule has 0 N–H and O–H groups in total. The summed E-state index contributed by atoms with van der Waals surface area (Å²) in [4.78, 5) is 0. The summed E-state index contributed by atoms with van der Waals surface area (Å²) in [6.45, 7) is -0.626. The first-order valence-corrected chi connectivity index (χ1v) is 4.53. The third kappa shape index (κ3) is 2.64. The molecule has 0 spiro atoms. The Morgan fingerprint density at radius 3 is 1.88 bits per heavy atom. The fourth-order valence-corrected chi connectivity index (χ4v) is 1.51. The molecule has 0 atom stereocenters. The Balaban J connectivity index is 3.51. The van der Waals surface area contributed by atoms with E-state index >= 15 is 0 Å². The highest BCUT2D eigenvalue weighted by atomic mass is 35.5. The maximum Gasteiger partial charge on any atom is 0.416 e. The van der Waals surface area contributed by atoms with Gasteiger partial charge >= 0.3 is 12.4 Å². The molecule has 0 aliphatic heterocycles. The van der Waals surface area contributed by atoms with Crippen LogP contribution in [0.1, 0.15) is 11.1 Å². The van der Waals surface area contributed by atoms with E-state index in [1.807, 2.05) is 0 Å². The largest absolute Gasteiger partial charge is 0.416 e. The van der Waals surface area contributed by atoms with Crippen LogP contribution in [0.5, 0.6) is 0 Å². The summed E-state index contributed by atoms with van der Waals surface area (Å²) in [6.07, 6.45) is -10.1. The van der Waals surface area contributed by atoms with E-state index in [9.17, 15) is 26.3 Å². The highest BCUT2D eigenvalue weighted by molar-refractivity contribution is 7.01. The minimum absolute atomic E-state index is 0.388. The van der Waals surface area contributed by atoms with Crippen molar-refractivity contribution >= 4 is 23.6 Å². The second-order valence-corrected chi connectivity index (χ2v) is 3.24. The molecular formula is C8H4BClF6. The molecule has 0 bridgehead atoms. The predicted molar refractivity (Wildman–Crippen MR) is 49.1 cm³/mol. The highest BCUT2D eigenvalue weighted by Gasteiger charge is 2.44. The lowest BCUT2D eigenvalue weighted by atomic mass is 9.86. The molecule has 1 aromatic rings. The summed E-state index contributed by atoms with van der Waals surface area (Å²) in [7, 11) is 0. The van der Waals surface area contributed by atoms with Gasteiger partial charge in [-0.1, -0.05) is 17.6 Å². The molecule has 0 nitrogen and oxygen atoms in total. The minimum atomic E-state index is -5.07. The normalized spacial score (nSPS) is 12.7. The molecule has 0 radical (unpaired) electrons. The molecule has 1 rings (SSSR count). The quantitative estimate of drug-likeness (QED) is 0.538. The molecule has 1 aromatic carbocycles. The molecule has 0 unspecified atom stereocenters. The first kappa shape index (κ1) is 13.2. The Morgan fingerprint density at radius 2 is 1.50 bits per heavy atom. The molecule has 0 aliphatic carbocycles. The van der Waals surface area contributed by atoms with Crippen molar-refractivity contribution in [2.75, 3.05) is 0 Å². The van der Waals surface area contributed by atoms with Crippen molar-refractivity contribution in [3.63, 3.8) is 0 Å². The average molecular weight is 260 g/mol. The van der Waals surface area contributed by atoms with Gasteiger partial charge < -0.3 is 0 Å². The first-order valence-electron chi connectivity index (χ1n) is 4.00. The van der Waals surface area contributed by atoms with Gasteiger partial charge in [0.25, 0.3) is 6.69 Å². The van der Waals surface area contributed by atoms with Crippen molar-refractivity contribution in [3.8, 4) is 0 Å².